The van der Waals surface area contributed by atoms with Crippen LogP contribution in [-0.2, 0) is 9.47 Å². The molecule has 0 bridgehead atoms. The Bertz CT molecular complexity index is 1080. The van der Waals surface area contributed by atoms with E-state index in [4.69, 9.17) is 15.2 Å². The maximum atomic E-state index is 12.2. The Balaban J connectivity index is 1.41. The first-order chi connectivity index (χ1) is 17.0. The minimum absolute atomic E-state index is 0.0103. The number of allylic oxidation sites excluding steroid dienone is 1. The van der Waals surface area contributed by atoms with Gasteiger partial charge in [-0.2, -0.15) is 0 Å². The smallest absolute Gasteiger partial charge is 0.248 e. The van der Waals surface area contributed by atoms with Crippen LogP contribution in [0.5, 0.6) is 0 Å². The number of amides is 1. The van der Waals surface area contributed by atoms with Gasteiger partial charge in [-0.25, -0.2) is 0 Å². The summed E-state index contributed by atoms with van der Waals surface area (Å²) in [5, 5.41) is 23.3. The largest absolute Gasteiger partial charge is 0.393 e. The zero-order chi connectivity index (χ0) is 25.5. The quantitative estimate of drug-likeness (QED) is 0.527. The highest BCUT2D eigenvalue weighted by Crippen LogP contribution is 2.65. The molecule has 4 aliphatic carbocycles. The number of rotatable bonds is 2. The highest BCUT2D eigenvalue weighted by atomic mass is 16.7. The van der Waals surface area contributed by atoms with Crippen molar-refractivity contribution < 1.29 is 24.5 Å². The summed E-state index contributed by atoms with van der Waals surface area (Å²) in [5.74, 6) is -0.234. The van der Waals surface area contributed by atoms with Gasteiger partial charge in [0.15, 0.2) is 5.79 Å². The number of primary amides is 1. The molecule has 6 nitrogen and oxygen atoms in total. The fraction of sp³-hybridized carbons (Fsp3) is 0.700. The minimum atomic E-state index is -0.929. The van der Waals surface area contributed by atoms with Crippen LogP contribution in [0.15, 0.2) is 35.4 Å². The number of ether oxygens (including phenoxy) is 2. The number of nitrogens with two attached hydrogens (primary N) is 1. The van der Waals surface area contributed by atoms with Crippen molar-refractivity contribution in [1.29, 1.82) is 0 Å². The molecule has 1 aliphatic heterocycles. The van der Waals surface area contributed by atoms with Gasteiger partial charge in [-0.1, -0.05) is 38.5 Å². The molecule has 0 radical (unpaired) electrons. The number of benzene rings is 1. The Hall–Kier alpha value is -1.73. The Morgan fingerprint density at radius 3 is 2.39 bits per heavy atom. The number of aliphatic hydroxyl groups excluding tert-OH is 1. The van der Waals surface area contributed by atoms with E-state index in [0.717, 1.165) is 44.1 Å². The van der Waals surface area contributed by atoms with Crippen LogP contribution >= 0.6 is 0 Å². The van der Waals surface area contributed by atoms with Crippen LogP contribution < -0.4 is 5.73 Å². The van der Waals surface area contributed by atoms with Crippen molar-refractivity contribution in [3.05, 3.63) is 46.5 Å². The van der Waals surface area contributed by atoms with Gasteiger partial charge >= 0.3 is 0 Å². The number of carbonyl (C=O) groups is 1. The first-order valence-electron chi connectivity index (χ1n) is 13.8. The lowest BCUT2D eigenvalue weighted by Gasteiger charge is -2.57. The number of hydrogen-bond acceptors (Lipinski definition) is 5. The van der Waals surface area contributed by atoms with Gasteiger partial charge in [0.2, 0.25) is 5.91 Å². The normalized spacial score (nSPS) is 40.9. The van der Waals surface area contributed by atoms with Gasteiger partial charge < -0.3 is 25.4 Å². The molecule has 5 aliphatic rings. The van der Waals surface area contributed by atoms with Crippen LogP contribution in [0, 0.1) is 22.7 Å². The third-order valence-electron chi connectivity index (χ3n) is 10.4. The van der Waals surface area contributed by atoms with E-state index < -0.39 is 17.3 Å². The predicted octanol–water partition coefficient (Wildman–Crippen LogP) is 4.44. The predicted molar refractivity (Wildman–Crippen MR) is 136 cm³/mol. The Kier molecular flexibility index (Phi) is 5.56. The number of carbonyl (C=O) groups excluding carboxylic acids is 1. The third-order valence-corrected chi connectivity index (χ3v) is 10.4. The molecule has 6 atom stereocenters. The Morgan fingerprint density at radius 1 is 1.03 bits per heavy atom. The van der Waals surface area contributed by atoms with Gasteiger partial charge in [0, 0.05) is 29.7 Å². The van der Waals surface area contributed by atoms with E-state index in [1.807, 2.05) is 24.3 Å². The summed E-state index contributed by atoms with van der Waals surface area (Å²) >= 11 is 0. The van der Waals surface area contributed by atoms with Gasteiger partial charge in [0.05, 0.1) is 24.9 Å². The summed E-state index contributed by atoms with van der Waals surface area (Å²) < 4.78 is 12.7. The number of aliphatic hydroxyl groups is 2. The molecule has 196 valence electrons. The molecule has 36 heavy (non-hydrogen) atoms. The van der Waals surface area contributed by atoms with E-state index in [-0.39, 0.29) is 22.9 Å². The second-order valence-electron chi connectivity index (χ2n) is 13.4. The van der Waals surface area contributed by atoms with Crippen molar-refractivity contribution in [3.63, 3.8) is 0 Å². The lowest BCUT2D eigenvalue weighted by molar-refractivity contribution is -0.322. The number of hydrogen-bond donors (Lipinski definition) is 3. The molecule has 1 heterocycles. The molecule has 4 N–H and O–H groups in total. The fourth-order valence-electron chi connectivity index (χ4n) is 8.40. The third kappa shape index (κ3) is 3.71. The first kappa shape index (κ1) is 24.6. The molecule has 1 saturated heterocycles. The molecule has 3 saturated carbocycles. The molecule has 6 rings (SSSR count). The van der Waals surface area contributed by atoms with Gasteiger partial charge in [-0.05, 0) is 79.0 Å². The molecular weight excluding hydrogens is 454 g/mol. The van der Waals surface area contributed by atoms with Crippen LogP contribution in [-0.4, -0.2) is 46.8 Å². The lowest BCUT2D eigenvalue weighted by atomic mass is 9.51. The van der Waals surface area contributed by atoms with E-state index in [1.165, 1.54) is 11.1 Å². The summed E-state index contributed by atoms with van der Waals surface area (Å²) in [7, 11) is 0. The number of fused-ring (bicyclic) bond motifs is 4. The molecule has 1 spiro atoms. The summed E-state index contributed by atoms with van der Waals surface area (Å²) in [6, 6.07) is 7.67. The Morgan fingerprint density at radius 2 is 1.72 bits per heavy atom. The van der Waals surface area contributed by atoms with E-state index in [1.54, 1.807) is 0 Å². The topological polar surface area (TPSA) is 102 Å². The maximum absolute atomic E-state index is 12.2. The summed E-state index contributed by atoms with van der Waals surface area (Å²) in [5.41, 5.74) is 8.65. The summed E-state index contributed by atoms with van der Waals surface area (Å²) in [6.07, 6.45) is 6.08. The van der Waals surface area contributed by atoms with E-state index in [2.05, 4.69) is 20.8 Å². The van der Waals surface area contributed by atoms with Crippen molar-refractivity contribution in [3.8, 4) is 0 Å². The van der Waals surface area contributed by atoms with Crippen LogP contribution in [0.3, 0.4) is 0 Å². The minimum Gasteiger partial charge on any atom is -0.393 e. The van der Waals surface area contributed by atoms with Crippen molar-refractivity contribution in [2.24, 2.45) is 28.4 Å². The standard InChI is InChI=1S/C30H41NO5/c1-27(2)16-35-30(36-17-27)13-11-23-25-20(10-12-29(23,34)15-30)22-8-9-24(32)28(22,3)14-21(25)18-4-6-19(7-5-18)26(31)33/h4-7,20-22,24,32,34H,8-17H2,1-3H3,(H2,31,33). The molecule has 6 unspecified atom stereocenters. The average Bonchev–Trinajstić information content (AvgIpc) is 3.14. The summed E-state index contributed by atoms with van der Waals surface area (Å²) in [4.78, 5) is 11.7. The Labute approximate surface area is 214 Å². The molecule has 6 heteroatoms. The highest BCUT2D eigenvalue weighted by molar-refractivity contribution is 5.92. The summed E-state index contributed by atoms with van der Waals surface area (Å²) in [6.45, 7) is 7.86. The molecule has 1 aromatic rings. The molecule has 4 fully saturated rings. The van der Waals surface area contributed by atoms with E-state index in [0.29, 0.717) is 43.5 Å². The van der Waals surface area contributed by atoms with Gasteiger partial charge in [0.1, 0.15) is 0 Å². The fourth-order valence-corrected chi connectivity index (χ4v) is 8.40. The van der Waals surface area contributed by atoms with Crippen LogP contribution in [0.4, 0.5) is 0 Å². The molecule has 0 aromatic heterocycles. The zero-order valence-electron chi connectivity index (χ0n) is 21.9. The van der Waals surface area contributed by atoms with Crippen LogP contribution in [0.2, 0.25) is 0 Å². The average molecular weight is 496 g/mol. The second-order valence-corrected chi connectivity index (χ2v) is 13.4. The van der Waals surface area contributed by atoms with Gasteiger partial charge in [-0.3, -0.25) is 4.79 Å². The van der Waals surface area contributed by atoms with Gasteiger partial charge in [-0.15, -0.1) is 0 Å². The van der Waals surface area contributed by atoms with Crippen molar-refractivity contribution in [2.75, 3.05) is 13.2 Å². The molecule has 1 aromatic carbocycles. The van der Waals surface area contributed by atoms with E-state index in [9.17, 15) is 15.0 Å². The first-order valence-corrected chi connectivity index (χ1v) is 13.8. The molecular formula is C30H41NO5. The van der Waals surface area contributed by atoms with Crippen molar-refractivity contribution in [2.45, 2.75) is 95.5 Å². The lowest BCUT2D eigenvalue weighted by Crippen LogP contribution is -2.57. The highest BCUT2D eigenvalue weighted by Gasteiger charge is 2.60. The van der Waals surface area contributed by atoms with E-state index >= 15 is 0 Å². The van der Waals surface area contributed by atoms with Crippen molar-refractivity contribution in [1.82, 2.24) is 0 Å². The van der Waals surface area contributed by atoms with Crippen LogP contribution in [0.1, 0.15) is 94.0 Å². The monoisotopic (exact) mass is 495 g/mol. The second kappa shape index (κ2) is 8.13. The van der Waals surface area contributed by atoms with Crippen molar-refractivity contribution >= 4 is 5.91 Å². The molecule has 1 amide bonds. The van der Waals surface area contributed by atoms with Crippen LogP contribution in [0.25, 0.3) is 0 Å². The maximum Gasteiger partial charge on any atom is 0.248 e. The van der Waals surface area contributed by atoms with Gasteiger partial charge in [0.25, 0.3) is 0 Å². The zero-order valence-corrected chi connectivity index (χ0v) is 21.9. The SMILES string of the molecule is CC1(C)COC2(CCC3=C4C(c5ccc(C(N)=O)cc5)CC5(C)C(O)CCC5C4CCC3(O)C2)OC1.